The van der Waals surface area contributed by atoms with Crippen molar-refractivity contribution in [1.29, 1.82) is 0 Å². The first kappa shape index (κ1) is 22.8. The first-order valence-corrected chi connectivity index (χ1v) is 12.0. The number of ether oxygens (including phenoxy) is 1. The molecule has 2 atom stereocenters. The quantitative estimate of drug-likeness (QED) is 0.293. The van der Waals surface area contributed by atoms with E-state index in [9.17, 15) is 8.78 Å². The zero-order valence-corrected chi connectivity index (χ0v) is 19.9. The van der Waals surface area contributed by atoms with Crippen molar-refractivity contribution in [3.8, 4) is 17.3 Å². The van der Waals surface area contributed by atoms with Gasteiger partial charge in [-0.25, -0.2) is 13.2 Å². The van der Waals surface area contributed by atoms with Gasteiger partial charge < -0.3 is 4.74 Å². The molecule has 0 aliphatic carbocycles. The lowest BCUT2D eigenvalue weighted by atomic mass is 9.95. The summed E-state index contributed by atoms with van der Waals surface area (Å²) in [5, 5.41) is 1.07. The van der Waals surface area contributed by atoms with Crippen LogP contribution in [0.4, 0.5) is 13.2 Å². The average molecular weight is 519 g/mol. The maximum Gasteiger partial charge on any atom is 0.318 e. The third-order valence-electron chi connectivity index (χ3n) is 7.04. The Morgan fingerprint density at radius 3 is 2.86 bits per heavy atom. The Balaban J connectivity index is 1.42. The van der Waals surface area contributed by atoms with Crippen LogP contribution in [0.5, 0.6) is 6.01 Å². The molecule has 0 saturated carbocycles. The molecular weight excluding hydrogens is 500 g/mol. The van der Waals surface area contributed by atoms with Gasteiger partial charge in [-0.2, -0.15) is 9.97 Å². The molecule has 2 aromatic heterocycles. The Morgan fingerprint density at radius 2 is 2.00 bits per heavy atom. The number of rotatable bonds is 4. The van der Waals surface area contributed by atoms with Crippen molar-refractivity contribution in [2.24, 2.45) is 0 Å². The highest BCUT2D eigenvalue weighted by Crippen LogP contribution is 2.41. The molecule has 2 aromatic carbocycles. The number of nitrogens with zero attached hydrogens (tertiary/aromatic N) is 4. The van der Waals surface area contributed by atoms with Gasteiger partial charge >= 0.3 is 6.01 Å². The fraction of sp³-hybridized carbons (Fsp3) is 0.320. The zero-order valence-electron chi connectivity index (χ0n) is 18.4. The maximum absolute atomic E-state index is 15.8. The molecule has 35 heavy (non-hydrogen) atoms. The van der Waals surface area contributed by atoms with E-state index in [4.69, 9.17) is 27.9 Å². The second-order valence-corrected chi connectivity index (χ2v) is 9.85. The minimum atomic E-state index is -0.900. The number of aromatic nitrogens is 3. The Morgan fingerprint density at radius 1 is 1.14 bits per heavy atom. The monoisotopic (exact) mass is 518 g/mol. The molecule has 2 saturated heterocycles. The summed E-state index contributed by atoms with van der Waals surface area (Å²) < 4.78 is 50.0. The van der Waals surface area contributed by atoms with Crippen LogP contribution < -0.4 is 4.74 Å². The van der Waals surface area contributed by atoms with Crippen molar-refractivity contribution < 1.29 is 17.9 Å². The van der Waals surface area contributed by atoms with Crippen LogP contribution in [-0.2, 0) is 0 Å². The average Bonchev–Trinajstić information content (AvgIpc) is 3.36. The van der Waals surface area contributed by atoms with Gasteiger partial charge in [-0.1, -0.05) is 47.5 Å². The fourth-order valence-electron chi connectivity index (χ4n) is 5.41. The van der Waals surface area contributed by atoms with Gasteiger partial charge in [0.2, 0.25) is 0 Å². The van der Waals surface area contributed by atoms with Gasteiger partial charge in [0.15, 0.2) is 5.82 Å². The number of hydrogen-bond acceptors (Lipinski definition) is 5. The van der Waals surface area contributed by atoms with Crippen molar-refractivity contribution in [1.82, 2.24) is 19.9 Å². The minimum absolute atomic E-state index is 0.0134. The second kappa shape index (κ2) is 8.47. The Labute approximate surface area is 208 Å². The first-order chi connectivity index (χ1) is 16.9. The number of halogens is 5. The van der Waals surface area contributed by atoms with E-state index in [-0.39, 0.29) is 39.4 Å². The van der Waals surface area contributed by atoms with Crippen molar-refractivity contribution in [2.75, 3.05) is 19.7 Å². The lowest BCUT2D eigenvalue weighted by Gasteiger charge is -2.30. The van der Waals surface area contributed by atoms with Crippen molar-refractivity contribution in [3.05, 3.63) is 58.3 Å². The van der Waals surface area contributed by atoms with Crippen LogP contribution in [-0.4, -0.2) is 51.3 Å². The van der Waals surface area contributed by atoms with Gasteiger partial charge in [-0.3, -0.25) is 9.88 Å². The zero-order chi connectivity index (χ0) is 24.3. The summed E-state index contributed by atoms with van der Waals surface area (Å²) in [5.41, 5.74) is -0.210. The third-order valence-corrected chi connectivity index (χ3v) is 7.70. The molecule has 0 amide bonds. The van der Waals surface area contributed by atoms with E-state index in [0.29, 0.717) is 29.3 Å². The molecule has 0 spiro atoms. The van der Waals surface area contributed by atoms with Crippen LogP contribution >= 0.6 is 23.2 Å². The highest BCUT2D eigenvalue weighted by Gasteiger charge is 2.49. The van der Waals surface area contributed by atoms with Crippen LogP contribution in [0.3, 0.4) is 0 Å². The van der Waals surface area contributed by atoms with E-state index in [1.165, 1.54) is 12.3 Å². The molecule has 10 heteroatoms. The van der Waals surface area contributed by atoms with Gasteiger partial charge in [0.05, 0.1) is 15.9 Å². The standard InChI is InChI=1S/C25H19Cl2F3N4O/c26-19-17(29)6-5-13-3-1-4-15(18(13)19)21-20(30)22-16(10-31-21)23(27)33-24(32-22)35-12-25-7-2-8-34(25)11-14(28)9-25/h1,3-6,10,14H,2,7-9,11-12H2/t14-,25-/m1/s1. The molecule has 0 bridgehead atoms. The fourth-order valence-corrected chi connectivity index (χ4v) is 5.89. The molecule has 4 aromatic rings. The van der Waals surface area contributed by atoms with E-state index in [1.807, 2.05) is 0 Å². The van der Waals surface area contributed by atoms with Gasteiger partial charge in [0, 0.05) is 30.1 Å². The number of fused-ring (bicyclic) bond motifs is 3. The summed E-state index contributed by atoms with van der Waals surface area (Å²) >= 11 is 12.6. The Kier molecular flexibility index (Phi) is 5.51. The smallest absolute Gasteiger partial charge is 0.318 e. The summed E-state index contributed by atoms with van der Waals surface area (Å²) in [7, 11) is 0. The van der Waals surface area contributed by atoms with E-state index < -0.39 is 23.3 Å². The number of benzene rings is 2. The van der Waals surface area contributed by atoms with Crippen molar-refractivity contribution >= 4 is 44.9 Å². The predicted molar refractivity (Wildman–Crippen MR) is 129 cm³/mol. The van der Waals surface area contributed by atoms with Crippen LogP contribution in [0.1, 0.15) is 19.3 Å². The molecular formula is C25H19Cl2F3N4O. The van der Waals surface area contributed by atoms with Crippen molar-refractivity contribution in [2.45, 2.75) is 31.0 Å². The SMILES string of the molecule is Fc1ccc2cccc(-c3ncc4c(Cl)nc(OC[C@]56CCCN5C[C@H](F)C6)nc4c3F)c2c1Cl. The van der Waals surface area contributed by atoms with E-state index in [2.05, 4.69) is 19.9 Å². The van der Waals surface area contributed by atoms with Gasteiger partial charge in [0.1, 0.15) is 35.0 Å². The minimum Gasteiger partial charge on any atom is -0.461 e. The molecule has 2 aliphatic rings. The van der Waals surface area contributed by atoms with Crippen LogP contribution in [0.25, 0.3) is 32.9 Å². The van der Waals surface area contributed by atoms with E-state index in [1.54, 1.807) is 24.3 Å². The molecule has 0 radical (unpaired) electrons. The summed E-state index contributed by atoms with van der Waals surface area (Å²) in [6, 6.07) is 7.82. The topological polar surface area (TPSA) is 51.1 Å². The summed E-state index contributed by atoms with van der Waals surface area (Å²) in [6.45, 7) is 1.40. The number of alkyl halides is 1. The van der Waals surface area contributed by atoms with Gasteiger partial charge in [0.25, 0.3) is 0 Å². The molecule has 180 valence electrons. The summed E-state index contributed by atoms with van der Waals surface area (Å²) in [6.07, 6.45) is 2.63. The summed E-state index contributed by atoms with van der Waals surface area (Å²) in [5.74, 6) is -1.37. The van der Waals surface area contributed by atoms with Crippen molar-refractivity contribution in [3.63, 3.8) is 0 Å². The van der Waals surface area contributed by atoms with Crippen LogP contribution in [0.15, 0.2) is 36.5 Å². The molecule has 5 nitrogen and oxygen atoms in total. The highest BCUT2D eigenvalue weighted by molar-refractivity contribution is 6.37. The molecule has 4 heterocycles. The summed E-state index contributed by atoms with van der Waals surface area (Å²) in [4.78, 5) is 14.8. The van der Waals surface area contributed by atoms with Gasteiger partial charge in [-0.05, 0) is 30.8 Å². The Hall–Kier alpha value is -2.68. The van der Waals surface area contributed by atoms with Crippen LogP contribution in [0.2, 0.25) is 10.2 Å². The van der Waals surface area contributed by atoms with Crippen LogP contribution in [0, 0.1) is 11.6 Å². The number of hydrogen-bond donors (Lipinski definition) is 0. The third kappa shape index (κ3) is 3.70. The Bertz CT molecular complexity index is 1490. The van der Waals surface area contributed by atoms with Gasteiger partial charge in [-0.15, -0.1) is 0 Å². The molecule has 2 fully saturated rings. The van der Waals surface area contributed by atoms with E-state index >= 15 is 4.39 Å². The highest BCUT2D eigenvalue weighted by atomic mass is 35.5. The second-order valence-electron chi connectivity index (χ2n) is 9.11. The molecule has 2 aliphatic heterocycles. The van der Waals surface area contributed by atoms with E-state index in [0.717, 1.165) is 19.4 Å². The largest absolute Gasteiger partial charge is 0.461 e. The number of pyridine rings is 1. The predicted octanol–water partition coefficient (Wildman–Crippen LogP) is 6.39. The maximum atomic E-state index is 15.8. The molecule has 0 N–H and O–H groups in total. The normalized spacial score (nSPS) is 22.3. The lowest BCUT2D eigenvalue weighted by Crippen LogP contribution is -2.43. The first-order valence-electron chi connectivity index (χ1n) is 11.3. The molecule has 6 rings (SSSR count). The lowest BCUT2D eigenvalue weighted by molar-refractivity contribution is 0.107. The molecule has 0 unspecified atom stereocenters.